The first-order valence-electron chi connectivity index (χ1n) is 11.3. The minimum Gasteiger partial charge on any atom is -0.388 e. The van der Waals surface area contributed by atoms with Gasteiger partial charge in [-0.1, -0.05) is 18.2 Å². The molecule has 3 aromatic heterocycles. The van der Waals surface area contributed by atoms with Gasteiger partial charge in [-0.2, -0.15) is 18.2 Å². The van der Waals surface area contributed by atoms with Gasteiger partial charge in [-0.3, -0.25) is 4.68 Å². The summed E-state index contributed by atoms with van der Waals surface area (Å²) in [5.74, 6) is 0.278. The summed E-state index contributed by atoms with van der Waals surface area (Å²) in [6.45, 7) is 4.76. The Balaban J connectivity index is 1.47. The summed E-state index contributed by atoms with van der Waals surface area (Å²) < 4.78 is 39.8. The number of fused-ring (bicyclic) bond motifs is 1. The average Bonchev–Trinajstić information content (AvgIpc) is 3.54. The van der Waals surface area contributed by atoms with Crippen LogP contribution in [0.25, 0.3) is 22.2 Å². The number of aryl methyl sites for hydroxylation is 2. The van der Waals surface area contributed by atoms with Crippen LogP contribution in [0.1, 0.15) is 29.3 Å². The predicted octanol–water partition coefficient (Wildman–Crippen LogP) is 1.63. The molecule has 0 aliphatic carbocycles. The fourth-order valence-corrected chi connectivity index (χ4v) is 4.80. The zero-order chi connectivity index (χ0) is 25.6. The first-order valence-corrected chi connectivity index (χ1v) is 12.7. The van der Waals surface area contributed by atoms with Crippen molar-refractivity contribution >= 4 is 27.2 Å². The molecule has 1 aliphatic rings. The first-order chi connectivity index (χ1) is 17.1. The van der Waals surface area contributed by atoms with Crippen LogP contribution in [0.2, 0.25) is 0 Å². The number of hydrogen-bond donors (Lipinski definition) is 3. The Morgan fingerprint density at radius 3 is 2.81 bits per heavy atom. The third kappa shape index (κ3) is 4.58. The van der Waals surface area contributed by atoms with E-state index in [0.29, 0.717) is 17.6 Å². The third-order valence-corrected chi connectivity index (χ3v) is 7.27. The Bertz CT molecular complexity index is 1530. The highest BCUT2D eigenvalue weighted by Crippen LogP contribution is 2.38. The average molecular weight is 514 g/mol. The molecule has 1 aromatic carbocycles. The molecule has 3 atom stereocenters. The van der Waals surface area contributed by atoms with Crippen molar-refractivity contribution in [2.75, 3.05) is 12.8 Å². The van der Waals surface area contributed by atoms with Gasteiger partial charge in [0.1, 0.15) is 30.1 Å². The fraction of sp³-hybridized carbons (Fsp3) is 0.348. The van der Waals surface area contributed by atoms with E-state index in [4.69, 9.17) is 14.7 Å². The number of nitrogens with two attached hydrogens (primary N) is 1. The van der Waals surface area contributed by atoms with E-state index in [1.165, 1.54) is 24.5 Å². The molecule has 5 rings (SSSR count). The molecule has 13 heteroatoms. The standard InChI is InChI=1S/C23H27N7O5S/c1-13-4-5-15(6-14(13)2)9-29-10-16(8-28-29)17-11-30(22-20(17)21(24)26-12-27-22)19-7-18(31)23(34-19)35-36(32,33)25-3/h4-6,8,10-12,18-19,23,25,31H,7,9H2,1-3H3,(H2,24,26,27)/t18-,19+,23+/m0/s1. The molecule has 190 valence electrons. The monoisotopic (exact) mass is 513 g/mol. The molecule has 0 unspecified atom stereocenters. The van der Waals surface area contributed by atoms with Crippen molar-refractivity contribution in [3.8, 4) is 11.1 Å². The van der Waals surface area contributed by atoms with Gasteiger partial charge < -0.3 is 20.1 Å². The Hall–Kier alpha value is -3.36. The number of aromatic nitrogens is 5. The van der Waals surface area contributed by atoms with Gasteiger partial charge in [-0.25, -0.2) is 14.2 Å². The zero-order valence-corrected chi connectivity index (χ0v) is 20.8. The number of anilines is 1. The second kappa shape index (κ2) is 9.26. The Labute approximate surface area is 207 Å². The highest BCUT2D eigenvalue weighted by molar-refractivity contribution is 7.84. The molecule has 4 aromatic rings. The van der Waals surface area contributed by atoms with Crippen LogP contribution in [-0.4, -0.2) is 57.3 Å². The SMILES string of the molecule is CNS(=O)(=O)O[C@H]1O[C@@H](n2cc(-c3cnn(Cc4ccc(C)c(C)c4)c3)c3c(N)ncnc32)C[C@@H]1O. The molecule has 4 N–H and O–H groups in total. The minimum absolute atomic E-state index is 0.0864. The quantitative estimate of drug-likeness (QED) is 0.334. The van der Waals surface area contributed by atoms with E-state index in [2.05, 4.69) is 47.1 Å². The molecular weight excluding hydrogens is 486 g/mol. The van der Waals surface area contributed by atoms with E-state index >= 15 is 0 Å². The smallest absolute Gasteiger partial charge is 0.338 e. The largest absolute Gasteiger partial charge is 0.388 e. The van der Waals surface area contributed by atoms with Gasteiger partial charge in [0.25, 0.3) is 0 Å². The van der Waals surface area contributed by atoms with Crippen molar-refractivity contribution in [1.29, 1.82) is 0 Å². The molecule has 0 spiro atoms. The molecule has 1 aliphatic heterocycles. The van der Waals surface area contributed by atoms with Crippen LogP contribution >= 0.6 is 0 Å². The second-order valence-corrected chi connectivity index (χ2v) is 10.3. The molecule has 0 amide bonds. The molecule has 1 fully saturated rings. The lowest BCUT2D eigenvalue weighted by molar-refractivity contribution is -0.121. The number of ether oxygens (including phenoxy) is 1. The summed E-state index contributed by atoms with van der Waals surface area (Å²) in [4.78, 5) is 8.52. The number of nitrogens with zero attached hydrogens (tertiary/aromatic N) is 5. The summed E-state index contributed by atoms with van der Waals surface area (Å²) in [6.07, 6.45) is 3.59. The first kappa shape index (κ1) is 24.3. The van der Waals surface area contributed by atoms with E-state index in [1.54, 1.807) is 17.0 Å². The molecule has 36 heavy (non-hydrogen) atoms. The van der Waals surface area contributed by atoms with E-state index in [9.17, 15) is 13.5 Å². The zero-order valence-electron chi connectivity index (χ0n) is 20.0. The van der Waals surface area contributed by atoms with Crippen LogP contribution in [0.3, 0.4) is 0 Å². The van der Waals surface area contributed by atoms with Crippen molar-refractivity contribution in [1.82, 2.24) is 29.0 Å². The predicted molar refractivity (Wildman–Crippen MR) is 132 cm³/mol. The molecule has 4 heterocycles. The second-order valence-electron chi connectivity index (χ2n) is 8.77. The lowest BCUT2D eigenvalue weighted by Gasteiger charge is -2.16. The lowest BCUT2D eigenvalue weighted by Crippen LogP contribution is -2.32. The molecule has 12 nitrogen and oxygen atoms in total. The van der Waals surface area contributed by atoms with Gasteiger partial charge in [-0.15, -0.1) is 0 Å². The van der Waals surface area contributed by atoms with Crippen molar-refractivity contribution < 1.29 is 22.4 Å². The van der Waals surface area contributed by atoms with E-state index in [1.807, 2.05) is 15.6 Å². The number of rotatable bonds is 7. The number of nitrogen functional groups attached to an aromatic ring is 1. The van der Waals surface area contributed by atoms with Crippen LogP contribution in [0.4, 0.5) is 5.82 Å². The molecule has 0 radical (unpaired) electrons. The number of aliphatic hydroxyl groups excluding tert-OH is 1. The minimum atomic E-state index is -4.06. The van der Waals surface area contributed by atoms with Crippen LogP contribution < -0.4 is 10.5 Å². The van der Waals surface area contributed by atoms with Gasteiger partial charge in [0.2, 0.25) is 6.29 Å². The van der Waals surface area contributed by atoms with Crippen molar-refractivity contribution in [2.45, 2.75) is 45.4 Å². The number of hydrogen-bond acceptors (Lipinski definition) is 9. The summed E-state index contributed by atoms with van der Waals surface area (Å²) >= 11 is 0. The topological polar surface area (TPSA) is 159 Å². The molecule has 1 saturated heterocycles. The van der Waals surface area contributed by atoms with Crippen LogP contribution in [0, 0.1) is 13.8 Å². The summed E-state index contributed by atoms with van der Waals surface area (Å²) in [7, 11) is -2.85. The van der Waals surface area contributed by atoms with Gasteiger partial charge >= 0.3 is 10.3 Å². The van der Waals surface area contributed by atoms with Crippen molar-refractivity contribution in [3.63, 3.8) is 0 Å². The van der Waals surface area contributed by atoms with E-state index < -0.39 is 28.9 Å². The Morgan fingerprint density at radius 1 is 1.25 bits per heavy atom. The van der Waals surface area contributed by atoms with E-state index in [-0.39, 0.29) is 12.2 Å². The maximum absolute atomic E-state index is 11.8. The van der Waals surface area contributed by atoms with Crippen LogP contribution in [-0.2, 0) is 25.8 Å². The number of nitrogens with one attached hydrogen (secondary N) is 1. The Morgan fingerprint density at radius 2 is 2.06 bits per heavy atom. The maximum atomic E-state index is 11.8. The Kier molecular flexibility index (Phi) is 6.26. The van der Waals surface area contributed by atoms with Crippen LogP contribution in [0.15, 0.2) is 43.1 Å². The van der Waals surface area contributed by atoms with Gasteiger partial charge in [0, 0.05) is 37.0 Å². The number of benzene rings is 1. The van der Waals surface area contributed by atoms with Crippen LogP contribution in [0.5, 0.6) is 0 Å². The molecule has 0 bridgehead atoms. The van der Waals surface area contributed by atoms with Crippen molar-refractivity contribution in [3.05, 3.63) is 59.8 Å². The summed E-state index contributed by atoms with van der Waals surface area (Å²) in [5, 5.41) is 15.5. The lowest BCUT2D eigenvalue weighted by atomic mass is 10.1. The number of aliphatic hydroxyl groups is 1. The van der Waals surface area contributed by atoms with Crippen molar-refractivity contribution in [2.24, 2.45) is 0 Å². The van der Waals surface area contributed by atoms with Gasteiger partial charge in [0.05, 0.1) is 18.1 Å². The highest BCUT2D eigenvalue weighted by atomic mass is 32.2. The fourth-order valence-electron chi connectivity index (χ4n) is 4.28. The van der Waals surface area contributed by atoms with Gasteiger partial charge in [-0.05, 0) is 30.5 Å². The van der Waals surface area contributed by atoms with Gasteiger partial charge in [0.15, 0.2) is 0 Å². The normalized spacial score (nSPS) is 20.4. The summed E-state index contributed by atoms with van der Waals surface area (Å²) in [6, 6.07) is 6.32. The highest BCUT2D eigenvalue weighted by Gasteiger charge is 2.39. The molecular formula is C23H27N7O5S. The van der Waals surface area contributed by atoms with E-state index in [0.717, 1.165) is 16.7 Å². The third-order valence-electron chi connectivity index (χ3n) is 6.33. The summed E-state index contributed by atoms with van der Waals surface area (Å²) in [5.41, 5.74) is 11.8. The maximum Gasteiger partial charge on any atom is 0.338 e. The molecule has 0 saturated carbocycles.